The number of carbonyl (C=O) groups excluding carboxylic acids is 1. The molecule has 2 atom stereocenters. The summed E-state index contributed by atoms with van der Waals surface area (Å²) in [6.07, 6.45) is 2.11. The van der Waals surface area contributed by atoms with Gasteiger partial charge in [0.05, 0.1) is 6.10 Å². The second kappa shape index (κ2) is 7.40. The molecule has 0 unspecified atom stereocenters. The van der Waals surface area contributed by atoms with Crippen molar-refractivity contribution in [2.45, 2.75) is 45.3 Å². The van der Waals surface area contributed by atoms with Gasteiger partial charge in [0.25, 0.3) is 5.91 Å². The molecule has 134 valence electrons. The summed E-state index contributed by atoms with van der Waals surface area (Å²) in [6, 6.07) is 8.24. The quantitative estimate of drug-likeness (QED) is 0.830. The maximum atomic E-state index is 13.1. The highest BCUT2D eigenvalue weighted by atomic mass is 19.1. The molecule has 1 aliphatic rings. The fourth-order valence-corrected chi connectivity index (χ4v) is 3.36. The van der Waals surface area contributed by atoms with Gasteiger partial charge in [-0.3, -0.25) is 4.79 Å². The number of nitrogens with zero attached hydrogens (tertiary/aromatic N) is 1. The summed E-state index contributed by atoms with van der Waals surface area (Å²) < 4.78 is 24.6. The van der Waals surface area contributed by atoms with Gasteiger partial charge in [0, 0.05) is 26.1 Å². The molecule has 1 saturated heterocycles. The first kappa shape index (κ1) is 17.7. The Morgan fingerprint density at radius 2 is 2.04 bits per heavy atom. The van der Waals surface area contributed by atoms with Crippen LogP contribution in [0, 0.1) is 12.7 Å². The molecule has 1 aromatic carbocycles. The van der Waals surface area contributed by atoms with E-state index in [1.165, 1.54) is 12.1 Å². The predicted molar refractivity (Wildman–Crippen MR) is 93.0 cm³/mol. The number of amides is 1. The van der Waals surface area contributed by atoms with Gasteiger partial charge in [0.2, 0.25) is 0 Å². The fourth-order valence-electron chi connectivity index (χ4n) is 3.36. The van der Waals surface area contributed by atoms with E-state index in [1.807, 2.05) is 27.0 Å². The highest BCUT2D eigenvalue weighted by Gasteiger charge is 2.30. The van der Waals surface area contributed by atoms with Gasteiger partial charge < -0.3 is 14.1 Å². The molecule has 0 aliphatic carbocycles. The second-order valence-electron chi connectivity index (χ2n) is 6.58. The number of carbonyl (C=O) groups is 1. The predicted octanol–water partition coefficient (Wildman–Crippen LogP) is 4.28. The smallest absolute Gasteiger partial charge is 0.289 e. The third-order valence-electron chi connectivity index (χ3n) is 4.92. The Kier molecular flexibility index (Phi) is 5.23. The third kappa shape index (κ3) is 3.76. The van der Waals surface area contributed by atoms with Gasteiger partial charge in [-0.1, -0.05) is 19.1 Å². The lowest BCUT2D eigenvalue weighted by Gasteiger charge is -2.35. The molecule has 25 heavy (non-hydrogen) atoms. The minimum absolute atomic E-state index is 0.0618. The van der Waals surface area contributed by atoms with Crippen LogP contribution >= 0.6 is 0 Å². The first-order chi connectivity index (χ1) is 12.0. The van der Waals surface area contributed by atoms with E-state index in [-0.39, 0.29) is 23.9 Å². The van der Waals surface area contributed by atoms with Crippen LogP contribution in [0.2, 0.25) is 0 Å². The van der Waals surface area contributed by atoms with Crippen molar-refractivity contribution in [3.8, 4) is 0 Å². The molecule has 0 saturated carbocycles. The van der Waals surface area contributed by atoms with Crippen LogP contribution in [0.15, 0.2) is 34.7 Å². The normalized spacial score (nSPS) is 20.5. The number of hydrogen-bond acceptors (Lipinski definition) is 3. The molecule has 1 amide bonds. The lowest BCUT2D eigenvalue weighted by atomic mass is 9.96. The van der Waals surface area contributed by atoms with Crippen molar-refractivity contribution in [3.63, 3.8) is 0 Å². The Balaban J connectivity index is 1.71. The maximum absolute atomic E-state index is 13.1. The van der Waals surface area contributed by atoms with Crippen molar-refractivity contribution in [2.75, 3.05) is 13.7 Å². The van der Waals surface area contributed by atoms with Gasteiger partial charge in [0.1, 0.15) is 11.6 Å². The first-order valence-corrected chi connectivity index (χ1v) is 8.73. The van der Waals surface area contributed by atoms with Crippen LogP contribution in [-0.2, 0) is 11.2 Å². The van der Waals surface area contributed by atoms with E-state index in [0.717, 1.165) is 29.7 Å². The molecule has 2 aromatic rings. The zero-order valence-electron chi connectivity index (χ0n) is 14.9. The van der Waals surface area contributed by atoms with Crippen LogP contribution in [0.3, 0.4) is 0 Å². The van der Waals surface area contributed by atoms with Crippen molar-refractivity contribution >= 4 is 5.91 Å². The summed E-state index contributed by atoms with van der Waals surface area (Å²) in [6.45, 7) is 4.54. The summed E-state index contributed by atoms with van der Waals surface area (Å²) in [5.41, 5.74) is 1.95. The molecule has 5 heteroatoms. The average molecular weight is 345 g/mol. The molecular formula is C20H24FNO3. The molecule has 0 radical (unpaired) electrons. The number of aryl methyl sites for hydroxylation is 2. The molecular weight excluding hydrogens is 321 g/mol. The largest absolute Gasteiger partial charge is 0.456 e. The van der Waals surface area contributed by atoms with E-state index < -0.39 is 0 Å². The van der Waals surface area contributed by atoms with Crippen molar-refractivity contribution < 1.29 is 18.3 Å². The summed E-state index contributed by atoms with van der Waals surface area (Å²) in [7, 11) is 1.81. The number of benzene rings is 1. The van der Waals surface area contributed by atoms with Crippen LogP contribution in [0.4, 0.5) is 4.39 Å². The standard InChI is InChI=1S/C20H24FNO3/c1-4-17-13(2)11-19(25-17)20(23)22(3)16-9-10-24-18(12-16)14-5-7-15(21)8-6-14/h5-8,11,16,18H,4,9-10,12H2,1-3H3/t16-,18-/m0/s1. The minimum atomic E-state index is -0.261. The van der Waals surface area contributed by atoms with Gasteiger partial charge in [0.15, 0.2) is 5.76 Å². The summed E-state index contributed by atoms with van der Waals surface area (Å²) in [5, 5.41) is 0. The monoisotopic (exact) mass is 345 g/mol. The first-order valence-electron chi connectivity index (χ1n) is 8.73. The molecule has 2 heterocycles. The maximum Gasteiger partial charge on any atom is 0.289 e. The summed E-state index contributed by atoms with van der Waals surface area (Å²) in [5.74, 6) is 0.880. The number of furan rings is 1. The van der Waals surface area contributed by atoms with Crippen LogP contribution in [0.25, 0.3) is 0 Å². The van der Waals surface area contributed by atoms with Gasteiger partial charge in [-0.05, 0) is 49.1 Å². The van der Waals surface area contributed by atoms with Crippen LogP contribution in [0.5, 0.6) is 0 Å². The van der Waals surface area contributed by atoms with Gasteiger partial charge in [-0.2, -0.15) is 0 Å². The highest BCUT2D eigenvalue weighted by molar-refractivity contribution is 5.91. The van der Waals surface area contributed by atoms with E-state index in [9.17, 15) is 9.18 Å². The van der Waals surface area contributed by atoms with Gasteiger partial charge in [-0.15, -0.1) is 0 Å². The van der Waals surface area contributed by atoms with Crippen LogP contribution < -0.4 is 0 Å². The molecule has 3 rings (SSSR count). The van der Waals surface area contributed by atoms with Crippen molar-refractivity contribution in [1.29, 1.82) is 0 Å². The van der Waals surface area contributed by atoms with Crippen LogP contribution in [-0.4, -0.2) is 30.5 Å². The molecule has 1 aliphatic heterocycles. The second-order valence-corrected chi connectivity index (χ2v) is 6.58. The zero-order valence-corrected chi connectivity index (χ0v) is 14.9. The zero-order chi connectivity index (χ0) is 18.0. The van der Waals surface area contributed by atoms with E-state index in [1.54, 1.807) is 17.0 Å². The molecule has 4 nitrogen and oxygen atoms in total. The van der Waals surface area contributed by atoms with Crippen molar-refractivity contribution in [1.82, 2.24) is 4.90 Å². The topological polar surface area (TPSA) is 42.7 Å². The lowest BCUT2D eigenvalue weighted by molar-refractivity contribution is -0.0203. The Morgan fingerprint density at radius 3 is 2.68 bits per heavy atom. The third-order valence-corrected chi connectivity index (χ3v) is 4.92. The Morgan fingerprint density at radius 1 is 1.32 bits per heavy atom. The Hall–Kier alpha value is -2.14. The van der Waals surface area contributed by atoms with Gasteiger partial charge >= 0.3 is 0 Å². The lowest BCUT2D eigenvalue weighted by Crippen LogP contribution is -2.41. The number of hydrogen-bond donors (Lipinski definition) is 0. The number of halogens is 1. The Labute approximate surface area is 147 Å². The fraction of sp³-hybridized carbons (Fsp3) is 0.450. The highest BCUT2D eigenvalue weighted by Crippen LogP contribution is 2.31. The van der Waals surface area contributed by atoms with E-state index in [4.69, 9.17) is 9.15 Å². The summed E-state index contributed by atoms with van der Waals surface area (Å²) >= 11 is 0. The Bertz CT molecular complexity index is 738. The number of ether oxygens (including phenoxy) is 1. The molecule has 1 fully saturated rings. The molecule has 0 spiro atoms. The number of rotatable bonds is 4. The van der Waals surface area contributed by atoms with Crippen molar-refractivity contribution in [3.05, 3.63) is 58.8 Å². The van der Waals surface area contributed by atoms with E-state index in [2.05, 4.69) is 0 Å². The van der Waals surface area contributed by atoms with Crippen LogP contribution in [0.1, 0.15) is 53.3 Å². The average Bonchev–Trinajstić information content (AvgIpc) is 3.02. The SMILES string of the molecule is CCc1oc(C(=O)N(C)[C@H]2CCO[C@H](c3ccc(F)cc3)C2)cc1C. The van der Waals surface area contributed by atoms with E-state index >= 15 is 0 Å². The summed E-state index contributed by atoms with van der Waals surface area (Å²) in [4.78, 5) is 14.5. The van der Waals surface area contributed by atoms with E-state index in [0.29, 0.717) is 18.8 Å². The molecule has 0 bridgehead atoms. The molecule has 0 N–H and O–H groups in total. The minimum Gasteiger partial charge on any atom is -0.456 e. The molecule has 1 aromatic heterocycles. The van der Waals surface area contributed by atoms with Crippen molar-refractivity contribution in [2.24, 2.45) is 0 Å². The van der Waals surface area contributed by atoms with Gasteiger partial charge in [-0.25, -0.2) is 4.39 Å².